The standard InChI is InChI=1S/C26H35N5O3/c1-4-5-18(3)29-8-10-30(11-9-29)26(33)20-15-21-23(14-17(20)2)28-25(32)22-16-27-31(24(21)22)19-6-12-34-13-7-19/h14-16,18-19H,4-13H2,1-3H3,(H,28,32). The lowest BCUT2D eigenvalue weighted by Gasteiger charge is -2.38. The third-order valence-corrected chi connectivity index (χ3v) is 7.61. The van der Waals surface area contributed by atoms with Crippen molar-refractivity contribution in [1.82, 2.24) is 24.6 Å². The van der Waals surface area contributed by atoms with Gasteiger partial charge in [0.25, 0.3) is 11.5 Å². The number of benzene rings is 1. The second kappa shape index (κ2) is 9.50. The molecular weight excluding hydrogens is 430 g/mol. The highest BCUT2D eigenvalue weighted by Gasteiger charge is 2.27. The summed E-state index contributed by atoms with van der Waals surface area (Å²) in [4.78, 5) is 33.8. The highest BCUT2D eigenvalue weighted by atomic mass is 16.5. The van der Waals surface area contributed by atoms with Crippen molar-refractivity contribution < 1.29 is 9.53 Å². The third kappa shape index (κ3) is 4.14. The van der Waals surface area contributed by atoms with Gasteiger partial charge in [0.2, 0.25) is 0 Å². The van der Waals surface area contributed by atoms with Gasteiger partial charge in [-0.25, -0.2) is 0 Å². The predicted octanol–water partition coefficient (Wildman–Crippen LogP) is 3.48. The Bertz CT molecular complexity index is 1250. The molecular formula is C26H35N5O3. The van der Waals surface area contributed by atoms with Crippen molar-refractivity contribution >= 4 is 27.7 Å². The van der Waals surface area contributed by atoms with Crippen LogP contribution in [0.1, 0.15) is 61.5 Å². The van der Waals surface area contributed by atoms with E-state index in [1.165, 1.54) is 12.8 Å². The van der Waals surface area contributed by atoms with Crippen molar-refractivity contribution in [3.63, 3.8) is 0 Å². The van der Waals surface area contributed by atoms with E-state index in [2.05, 4.69) is 28.8 Å². The Kier molecular flexibility index (Phi) is 6.44. The fourth-order valence-corrected chi connectivity index (χ4v) is 5.57. The minimum absolute atomic E-state index is 0.0682. The molecule has 2 saturated heterocycles. The van der Waals surface area contributed by atoms with E-state index >= 15 is 0 Å². The summed E-state index contributed by atoms with van der Waals surface area (Å²) in [5, 5.41) is 6.04. The van der Waals surface area contributed by atoms with E-state index in [0.29, 0.717) is 30.2 Å². The zero-order valence-corrected chi connectivity index (χ0v) is 20.5. The number of aryl methyl sites for hydroxylation is 1. The van der Waals surface area contributed by atoms with Crippen molar-refractivity contribution in [2.24, 2.45) is 0 Å². The molecule has 8 nitrogen and oxygen atoms in total. The molecule has 0 radical (unpaired) electrons. The number of H-pyrrole nitrogens is 1. The lowest BCUT2D eigenvalue weighted by atomic mass is 10.0. The number of pyridine rings is 1. The van der Waals surface area contributed by atoms with Crippen LogP contribution >= 0.6 is 0 Å². The van der Waals surface area contributed by atoms with E-state index in [0.717, 1.165) is 61.0 Å². The van der Waals surface area contributed by atoms with Crippen molar-refractivity contribution in [3.8, 4) is 0 Å². The Hall–Kier alpha value is -2.71. The fourth-order valence-electron chi connectivity index (χ4n) is 5.57. The van der Waals surface area contributed by atoms with Gasteiger partial charge in [0, 0.05) is 56.4 Å². The molecule has 34 heavy (non-hydrogen) atoms. The maximum Gasteiger partial charge on any atom is 0.259 e. The molecule has 1 N–H and O–H groups in total. The van der Waals surface area contributed by atoms with Crippen molar-refractivity contribution in [2.75, 3.05) is 39.4 Å². The summed E-state index contributed by atoms with van der Waals surface area (Å²) >= 11 is 0. The number of aromatic nitrogens is 3. The summed E-state index contributed by atoms with van der Waals surface area (Å²) in [6.07, 6.45) is 5.75. The Morgan fingerprint density at radius 1 is 1.18 bits per heavy atom. The topological polar surface area (TPSA) is 83.5 Å². The van der Waals surface area contributed by atoms with Crippen LogP contribution in [0.2, 0.25) is 0 Å². The van der Waals surface area contributed by atoms with Crippen LogP contribution < -0.4 is 5.56 Å². The van der Waals surface area contributed by atoms with E-state index in [9.17, 15) is 9.59 Å². The second-order valence-electron chi connectivity index (χ2n) is 9.83. The SMILES string of the molecule is CCCC(C)N1CCN(C(=O)c2cc3c(cc2C)[nH]c(=O)c2cnn(C4CCOCC4)c23)CC1. The van der Waals surface area contributed by atoms with Crippen molar-refractivity contribution in [3.05, 3.63) is 39.8 Å². The monoisotopic (exact) mass is 465 g/mol. The van der Waals surface area contributed by atoms with Gasteiger partial charge in [-0.1, -0.05) is 13.3 Å². The van der Waals surface area contributed by atoms with Gasteiger partial charge < -0.3 is 14.6 Å². The van der Waals surface area contributed by atoms with E-state index in [-0.39, 0.29) is 17.5 Å². The van der Waals surface area contributed by atoms with Crippen LogP contribution in [0, 0.1) is 6.92 Å². The Balaban J connectivity index is 1.50. The molecule has 0 spiro atoms. The van der Waals surface area contributed by atoms with Crippen LogP contribution in [0.25, 0.3) is 21.8 Å². The highest BCUT2D eigenvalue weighted by Crippen LogP contribution is 2.30. The summed E-state index contributed by atoms with van der Waals surface area (Å²) in [5.74, 6) is 0.0682. The van der Waals surface area contributed by atoms with Gasteiger partial charge in [0.15, 0.2) is 0 Å². The molecule has 0 aliphatic carbocycles. The molecule has 2 aliphatic heterocycles. The number of carbonyl (C=O) groups is 1. The number of nitrogens with zero attached hydrogens (tertiary/aromatic N) is 4. The minimum Gasteiger partial charge on any atom is -0.381 e. The third-order valence-electron chi connectivity index (χ3n) is 7.61. The van der Waals surface area contributed by atoms with E-state index in [1.54, 1.807) is 6.20 Å². The Labute approximate surface area is 199 Å². The van der Waals surface area contributed by atoms with Crippen LogP contribution in [0.4, 0.5) is 0 Å². The van der Waals surface area contributed by atoms with Crippen LogP contribution in [-0.2, 0) is 4.74 Å². The minimum atomic E-state index is -0.142. The summed E-state index contributed by atoms with van der Waals surface area (Å²) in [7, 11) is 0. The van der Waals surface area contributed by atoms with E-state index in [1.807, 2.05) is 28.6 Å². The quantitative estimate of drug-likeness (QED) is 0.624. The Morgan fingerprint density at radius 2 is 1.91 bits per heavy atom. The number of piperazine rings is 1. The lowest BCUT2D eigenvalue weighted by Crippen LogP contribution is -2.51. The van der Waals surface area contributed by atoms with Gasteiger partial charge in [-0.3, -0.25) is 19.2 Å². The molecule has 2 aromatic heterocycles. The number of aromatic amines is 1. The molecule has 4 heterocycles. The largest absolute Gasteiger partial charge is 0.381 e. The summed E-state index contributed by atoms with van der Waals surface area (Å²) in [6.45, 7) is 11.1. The molecule has 0 saturated carbocycles. The molecule has 1 aromatic carbocycles. The average Bonchev–Trinajstić information content (AvgIpc) is 3.30. The number of rotatable bonds is 5. The number of nitrogens with one attached hydrogen (secondary N) is 1. The average molecular weight is 466 g/mol. The fraction of sp³-hybridized carbons (Fsp3) is 0.577. The van der Waals surface area contributed by atoms with Gasteiger partial charge in [-0.2, -0.15) is 5.10 Å². The molecule has 2 fully saturated rings. The Morgan fingerprint density at radius 3 is 2.62 bits per heavy atom. The zero-order chi connectivity index (χ0) is 23.8. The van der Waals surface area contributed by atoms with Gasteiger partial charge >= 0.3 is 0 Å². The summed E-state index contributed by atoms with van der Waals surface area (Å²) in [5.41, 5.74) is 3.01. The number of amides is 1. The number of hydrogen-bond acceptors (Lipinski definition) is 5. The van der Waals surface area contributed by atoms with E-state index in [4.69, 9.17) is 4.74 Å². The predicted molar refractivity (Wildman–Crippen MR) is 134 cm³/mol. The molecule has 182 valence electrons. The second-order valence-corrected chi connectivity index (χ2v) is 9.83. The summed E-state index contributed by atoms with van der Waals surface area (Å²) in [6, 6.07) is 4.65. The number of carbonyl (C=O) groups excluding carboxylic acids is 1. The first-order valence-corrected chi connectivity index (χ1v) is 12.6. The van der Waals surface area contributed by atoms with Gasteiger partial charge in [-0.15, -0.1) is 0 Å². The normalized spacial score (nSPS) is 19.2. The smallest absolute Gasteiger partial charge is 0.259 e. The van der Waals surface area contributed by atoms with Crippen molar-refractivity contribution in [2.45, 2.75) is 58.5 Å². The highest BCUT2D eigenvalue weighted by molar-refractivity contribution is 6.07. The van der Waals surface area contributed by atoms with Gasteiger partial charge in [-0.05, 0) is 50.8 Å². The molecule has 8 heteroatoms. The molecule has 1 unspecified atom stereocenters. The molecule has 1 amide bonds. The first-order valence-electron chi connectivity index (χ1n) is 12.6. The van der Waals surface area contributed by atoms with Crippen molar-refractivity contribution in [1.29, 1.82) is 0 Å². The maximum absolute atomic E-state index is 13.6. The molecule has 0 bridgehead atoms. The molecule has 1 atom stereocenters. The number of ether oxygens (including phenoxy) is 1. The lowest BCUT2D eigenvalue weighted by molar-refractivity contribution is 0.0574. The molecule has 3 aromatic rings. The zero-order valence-electron chi connectivity index (χ0n) is 20.5. The molecule has 5 rings (SSSR count). The van der Waals surface area contributed by atoms with Gasteiger partial charge in [0.05, 0.1) is 28.7 Å². The van der Waals surface area contributed by atoms with Gasteiger partial charge in [0.1, 0.15) is 0 Å². The number of hydrogen-bond donors (Lipinski definition) is 1. The summed E-state index contributed by atoms with van der Waals surface area (Å²) < 4.78 is 7.51. The van der Waals surface area contributed by atoms with Crippen LogP contribution in [-0.4, -0.2) is 75.9 Å². The maximum atomic E-state index is 13.6. The van der Waals surface area contributed by atoms with Crippen LogP contribution in [0.5, 0.6) is 0 Å². The van der Waals surface area contributed by atoms with Crippen LogP contribution in [0.15, 0.2) is 23.1 Å². The first-order chi connectivity index (χ1) is 16.5. The van der Waals surface area contributed by atoms with Crippen LogP contribution in [0.3, 0.4) is 0 Å². The number of fused-ring (bicyclic) bond motifs is 3. The first kappa shape index (κ1) is 23.1. The van der Waals surface area contributed by atoms with E-state index < -0.39 is 0 Å². The molecule has 2 aliphatic rings.